The number of halogens is 1. The van der Waals surface area contributed by atoms with E-state index in [1.54, 1.807) is 0 Å². The van der Waals surface area contributed by atoms with Crippen LogP contribution < -0.4 is 11.1 Å². The van der Waals surface area contributed by atoms with Crippen molar-refractivity contribution in [1.82, 2.24) is 5.32 Å². The first-order valence-electron chi connectivity index (χ1n) is 8.57. The van der Waals surface area contributed by atoms with Gasteiger partial charge in [-0.3, -0.25) is 4.79 Å². The van der Waals surface area contributed by atoms with E-state index in [2.05, 4.69) is 44.3 Å². The van der Waals surface area contributed by atoms with Crippen molar-refractivity contribution in [2.24, 2.45) is 23.5 Å². The quantitative estimate of drug-likeness (QED) is 0.887. The third-order valence-corrected chi connectivity index (χ3v) is 5.50. The van der Waals surface area contributed by atoms with E-state index in [0.717, 1.165) is 12.8 Å². The second-order valence-electron chi connectivity index (χ2n) is 7.55. The number of hydrogen-bond acceptors (Lipinski definition) is 2. The Morgan fingerprint density at radius 1 is 1.22 bits per heavy atom. The van der Waals surface area contributed by atoms with Crippen LogP contribution in [0, 0.1) is 31.6 Å². The molecule has 1 aromatic carbocycles. The number of hydrogen-bond donors (Lipinski definition) is 2. The number of nitrogens with two attached hydrogens (primary N) is 1. The summed E-state index contributed by atoms with van der Waals surface area (Å²) in [5.41, 5.74) is 10.1. The van der Waals surface area contributed by atoms with Gasteiger partial charge in [-0.2, -0.15) is 0 Å². The molecule has 0 aliphatic heterocycles. The van der Waals surface area contributed by atoms with Crippen LogP contribution in [-0.2, 0) is 11.2 Å². The molecule has 3 N–H and O–H groups in total. The van der Waals surface area contributed by atoms with Crippen molar-refractivity contribution in [1.29, 1.82) is 0 Å². The average molecular weight is 337 g/mol. The van der Waals surface area contributed by atoms with Gasteiger partial charge in [0.25, 0.3) is 0 Å². The number of carbonyl (C=O) groups excluding carboxylic acids is 1. The van der Waals surface area contributed by atoms with E-state index in [1.807, 2.05) is 0 Å². The largest absolute Gasteiger partial charge is 0.353 e. The van der Waals surface area contributed by atoms with Gasteiger partial charge < -0.3 is 11.1 Å². The molecule has 4 heteroatoms. The van der Waals surface area contributed by atoms with Crippen LogP contribution in [0.25, 0.3) is 0 Å². The molecule has 5 unspecified atom stereocenters. The predicted octanol–water partition coefficient (Wildman–Crippen LogP) is 3.15. The Bertz CT molecular complexity index is 552. The summed E-state index contributed by atoms with van der Waals surface area (Å²) in [7, 11) is 0. The summed E-state index contributed by atoms with van der Waals surface area (Å²) in [6.07, 6.45) is 4.44. The molecule has 128 valence electrons. The fourth-order valence-electron chi connectivity index (χ4n) is 4.66. The van der Waals surface area contributed by atoms with Gasteiger partial charge in [0, 0.05) is 12.1 Å². The molecular weight excluding hydrogens is 308 g/mol. The molecule has 2 aliphatic carbocycles. The smallest absolute Gasteiger partial charge is 0.225 e. The molecule has 0 aromatic heterocycles. The molecular formula is C19H29ClN2O. The molecule has 1 amide bonds. The summed E-state index contributed by atoms with van der Waals surface area (Å²) in [4.78, 5) is 12.6. The molecule has 2 saturated carbocycles. The van der Waals surface area contributed by atoms with Crippen molar-refractivity contribution < 1.29 is 4.79 Å². The molecule has 2 aliphatic rings. The zero-order valence-electron chi connectivity index (χ0n) is 14.3. The minimum absolute atomic E-state index is 0. The van der Waals surface area contributed by atoms with Crippen molar-refractivity contribution in [3.05, 3.63) is 34.9 Å². The minimum Gasteiger partial charge on any atom is -0.353 e. The van der Waals surface area contributed by atoms with Crippen molar-refractivity contribution >= 4 is 18.3 Å². The highest BCUT2D eigenvalue weighted by Gasteiger charge is 2.49. The van der Waals surface area contributed by atoms with Gasteiger partial charge in [0.2, 0.25) is 5.91 Å². The first kappa shape index (κ1) is 18.3. The Morgan fingerprint density at radius 3 is 2.39 bits per heavy atom. The van der Waals surface area contributed by atoms with Gasteiger partial charge in [-0.25, -0.2) is 0 Å². The number of nitrogens with one attached hydrogen (secondary N) is 1. The fraction of sp³-hybridized carbons (Fsp3) is 0.632. The lowest BCUT2D eigenvalue weighted by Crippen LogP contribution is -2.47. The van der Waals surface area contributed by atoms with Crippen LogP contribution in [0.1, 0.15) is 42.9 Å². The summed E-state index contributed by atoms with van der Waals surface area (Å²) in [5.74, 6) is 1.32. The Kier molecular flexibility index (Phi) is 5.74. The van der Waals surface area contributed by atoms with Crippen molar-refractivity contribution in [3.63, 3.8) is 0 Å². The highest BCUT2D eigenvalue weighted by Crippen LogP contribution is 2.47. The zero-order valence-corrected chi connectivity index (χ0v) is 15.2. The number of carbonyl (C=O) groups is 1. The number of aryl methyl sites for hydroxylation is 2. The standard InChI is InChI=1S/C19H28N2O.ClH/c1-11-6-12(2)8-14(7-11)9-13(3)21-19(22)17-15-4-5-16(10-15)18(17)20;/h6-8,13,15-18H,4-5,9-10,20H2,1-3H3,(H,21,22);1H. The lowest BCUT2D eigenvalue weighted by Gasteiger charge is -2.28. The summed E-state index contributed by atoms with van der Waals surface area (Å²) >= 11 is 0. The van der Waals surface area contributed by atoms with Gasteiger partial charge in [0.15, 0.2) is 0 Å². The van der Waals surface area contributed by atoms with E-state index < -0.39 is 0 Å². The van der Waals surface area contributed by atoms with Crippen LogP contribution in [0.3, 0.4) is 0 Å². The predicted molar refractivity (Wildman–Crippen MR) is 96.8 cm³/mol. The first-order chi connectivity index (χ1) is 10.4. The second-order valence-corrected chi connectivity index (χ2v) is 7.55. The zero-order chi connectivity index (χ0) is 15.9. The average Bonchev–Trinajstić information content (AvgIpc) is 2.97. The van der Waals surface area contributed by atoms with Crippen LogP contribution >= 0.6 is 12.4 Å². The van der Waals surface area contributed by atoms with Gasteiger partial charge in [-0.05, 0) is 63.9 Å². The number of amides is 1. The molecule has 0 heterocycles. The lowest BCUT2D eigenvalue weighted by atomic mass is 9.84. The van der Waals surface area contributed by atoms with Crippen LogP contribution in [0.15, 0.2) is 18.2 Å². The molecule has 0 saturated heterocycles. The molecule has 2 fully saturated rings. The van der Waals surface area contributed by atoms with Crippen LogP contribution in [-0.4, -0.2) is 18.0 Å². The van der Waals surface area contributed by atoms with E-state index in [4.69, 9.17) is 5.73 Å². The van der Waals surface area contributed by atoms with Gasteiger partial charge in [-0.15, -0.1) is 12.4 Å². The van der Waals surface area contributed by atoms with E-state index in [9.17, 15) is 4.79 Å². The van der Waals surface area contributed by atoms with Gasteiger partial charge >= 0.3 is 0 Å². The summed E-state index contributed by atoms with van der Waals surface area (Å²) < 4.78 is 0. The molecule has 5 atom stereocenters. The lowest BCUT2D eigenvalue weighted by molar-refractivity contribution is -0.127. The van der Waals surface area contributed by atoms with Gasteiger partial charge in [0.1, 0.15) is 0 Å². The van der Waals surface area contributed by atoms with Gasteiger partial charge in [0.05, 0.1) is 5.92 Å². The summed E-state index contributed by atoms with van der Waals surface area (Å²) in [6, 6.07) is 6.82. The van der Waals surface area contributed by atoms with Crippen LogP contribution in [0.4, 0.5) is 0 Å². The molecule has 2 bridgehead atoms. The van der Waals surface area contributed by atoms with E-state index in [-0.39, 0.29) is 36.3 Å². The van der Waals surface area contributed by atoms with E-state index in [0.29, 0.717) is 11.8 Å². The van der Waals surface area contributed by atoms with Crippen molar-refractivity contribution in [2.75, 3.05) is 0 Å². The van der Waals surface area contributed by atoms with E-state index >= 15 is 0 Å². The second kappa shape index (κ2) is 7.23. The minimum atomic E-state index is 0. The number of fused-ring (bicyclic) bond motifs is 2. The van der Waals surface area contributed by atoms with Crippen LogP contribution in [0.2, 0.25) is 0 Å². The maximum absolute atomic E-state index is 12.6. The van der Waals surface area contributed by atoms with Crippen molar-refractivity contribution in [2.45, 2.75) is 58.5 Å². The highest BCUT2D eigenvalue weighted by molar-refractivity contribution is 5.85. The monoisotopic (exact) mass is 336 g/mol. The Hall–Kier alpha value is -1.06. The summed E-state index contributed by atoms with van der Waals surface area (Å²) in [6.45, 7) is 6.33. The molecule has 1 aromatic rings. The van der Waals surface area contributed by atoms with Crippen molar-refractivity contribution in [3.8, 4) is 0 Å². The Balaban J connectivity index is 0.00000192. The normalized spacial score (nSPS) is 29.9. The molecule has 0 spiro atoms. The molecule has 3 rings (SSSR count). The van der Waals surface area contributed by atoms with E-state index in [1.165, 1.54) is 29.5 Å². The molecule has 0 radical (unpaired) electrons. The number of rotatable bonds is 4. The topological polar surface area (TPSA) is 55.1 Å². The first-order valence-corrected chi connectivity index (χ1v) is 8.57. The maximum atomic E-state index is 12.6. The Morgan fingerprint density at radius 2 is 1.83 bits per heavy atom. The number of benzene rings is 1. The van der Waals surface area contributed by atoms with Crippen LogP contribution in [0.5, 0.6) is 0 Å². The van der Waals surface area contributed by atoms with Gasteiger partial charge in [-0.1, -0.05) is 29.3 Å². The maximum Gasteiger partial charge on any atom is 0.225 e. The third kappa shape index (κ3) is 3.89. The highest BCUT2D eigenvalue weighted by atomic mass is 35.5. The fourth-order valence-corrected chi connectivity index (χ4v) is 4.66. The third-order valence-electron chi connectivity index (χ3n) is 5.50. The Labute approximate surface area is 145 Å². The molecule has 3 nitrogen and oxygen atoms in total. The SMILES string of the molecule is Cc1cc(C)cc(CC(C)NC(=O)C2C3CCC(C3)C2N)c1.Cl. The summed E-state index contributed by atoms with van der Waals surface area (Å²) in [5, 5.41) is 3.21. The molecule has 23 heavy (non-hydrogen) atoms.